The van der Waals surface area contributed by atoms with Gasteiger partial charge in [-0.15, -0.1) is 0 Å². The van der Waals surface area contributed by atoms with Crippen molar-refractivity contribution in [1.82, 2.24) is 5.32 Å². The van der Waals surface area contributed by atoms with Gasteiger partial charge in [-0.3, -0.25) is 0 Å². The van der Waals surface area contributed by atoms with E-state index < -0.39 is 0 Å². The number of benzene rings is 1. The lowest BCUT2D eigenvalue weighted by Gasteiger charge is -2.24. The molecule has 2 unspecified atom stereocenters. The molecule has 0 amide bonds. The zero-order valence-corrected chi connectivity index (χ0v) is 12.0. The highest BCUT2D eigenvalue weighted by Crippen LogP contribution is 2.21. The molecule has 2 atom stereocenters. The van der Waals surface area contributed by atoms with Crippen LogP contribution in [0, 0.1) is 5.92 Å². The first kappa shape index (κ1) is 14.4. The first-order chi connectivity index (χ1) is 9.33. The van der Waals surface area contributed by atoms with Crippen molar-refractivity contribution in [3.63, 3.8) is 0 Å². The van der Waals surface area contributed by atoms with E-state index in [1.165, 1.54) is 18.4 Å². The minimum atomic E-state index is 0.509. The standard InChI is InChI=1S/C16H25NO2/c1-3-8-17-16(14-7-9-19-12-14)11-13-5-4-6-15(10-13)18-2/h4-6,10,14,16-17H,3,7-9,11-12H2,1-2H3. The van der Waals surface area contributed by atoms with Crippen LogP contribution in [0.1, 0.15) is 25.3 Å². The van der Waals surface area contributed by atoms with Crippen LogP contribution in [0.4, 0.5) is 0 Å². The molecule has 3 nitrogen and oxygen atoms in total. The van der Waals surface area contributed by atoms with Gasteiger partial charge in [0.2, 0.25) is 0 Å². The Morgan fingerprint density at radius 3 is 3.05 bits per heavy atom. The van der Waals surface area contributed by atoms with E-state index >= 15 is 0 Å². The lowest BCUT2D eigenvalue weighted by Crippen LogP contribution is -2.38. The topological polar surface area (TPSA) is 30.5 Å². The van der Waals surface area contributed by atoms with Crippen molar-refractivity contribution < 1.29 is 9.47 Å². The molecule has 1 fully saturated rings. The molecule has 0 saturated carbocycles. The molecule has 1 aromatic carbocycles. The summed E-state index contributed by atoms with van der Waals surface area (Å²) in [5.74, 6) is 1.58. The maximum atomic E-state index is 5.54. The molecule has 1 saturated heterocycles. The average Bonchev–Trinajstić information content (AvgIpc) is 2.97. The van der Waals surface area contributed by atoms with Gasteiger partial charge in [-0.1, -0.05) is 19.1 Å². The van der Waals surface area contributed by atoms with E-state index in [0.29, 0.717) is 12.0 Å². The van der Waals surface area contributed by atoms with E-state index in [2.05, 4.69) is 30.4 Å². The maximum Gasteiger partial charge on any atom is 0.119 e. The lowest BCUT2D eigenvalue weighted by molar-refractivity contribution is 0.176. The molecule has 1 heterocycles. The Balaban J connectivity index is 2.00. The summed E-state index contributed by atoms with van der Waals surface area (Å²) in [7, 11) is 1.72. The lowest BCUT2D eigenvalue weighted by atomic mass is 9.92. The average molecular weight is 263 g/mol. The van der Waals surface area contributed by atoms with Crippen molar-refractivity contribution in [2.75, 3.05) is 26.9 Å². The van der Waals surface area contributed by atoms with Gasteiger partial charge in [0, 0.05) is 18.6 Å². The molecule has 19 heavy (non-hydrogen) atoms. The first-order valence-electron chi connectivity index (χ1n) is 7.27. The largest absolute Gasteiger partial charge is 0.497 e. The molecule has 106 valence electrons. The molecule has 1 N–H and O–H groups in total. The Kier molecular flexibility index (Phi) is 5.67. The molecule has 1 aliphatic heterocycles. The molecular formula is C16H25NO2. The zero-order chi connectivity index (χ0) is 13.5. The van der Waals surface area contributed by atoms with Gasteiger partial charge in [0.15, 0.2) is 0 Å². The molecule has 0 spiro atoms. The van der Waals surface area contributed by atoms with Gasteiger partial charge < -0.3 is 14.8 Å². The quantitative estimate of drug-likeness (QED) is 0.820. The molecule has 0 radical (unpaired) electrons. The first-order valence-corrected chi connectivity index (χ1v) is 7.27. The van der Waals surface area contributed by atoms with Crippen LogP contribution < -0.4 is 10.1 Å². The van der Waals surface area contributed by atoms with Gasteiger partial charge in [0.25, 0.3) is 0 Å². The Morgan fingerprint density at radius 2 is 2.37 bits per heavy atom. The van der Waals surface area contributed by atoms with Crippen molar-refractivity contribution in [3.05, 3.63) is 29.8 Å². The third-order valence-corrected chi connectivity index (χ3v) is 3.78. The maximum absolute atomic E-state index is 5.54. The highest BCUT2D eigenvalue weighted by Gasteiger charge is 2.25. The number of hydrogen-bond donors (Lipinski definition) is 1. The van der Waals surface area contributed by atoms with Crippen LogP contribution in [0.15, 0.2) is 24.3 Å². The second-order valence-corrected chi connectivity index (χ2v) is 5.24. The van der Waals surface area contributed by atoms with E-state index in [-0.39, 0.29) is 0 Å². The van der Waals surface area contributed by atoms with Crippen LogP contribution in [0.2, 0.25) is 0 Å². The minimum Gasteiger partial charge on any atom is -0.497 e. The molecule has 1 aliphatic rings. The molecule has 0 aromatic heterocycles. The van der Waals surface area contributed by atoms with Crippen molar-refractivity contribution in [2.24, 2.45) is 5.92 Å². The molecule has 1 aromatic rings. The van der Waals surface area contributed by atoms with Crippen LogP contribution >= 0.6 is 0 Å². The van der Waals surface area contributed by atoms with Crippen molar-refractivity contribution >= 4 is 0 Å². The molecule has 3 heteroatoms. The summed E-state index contributed by atoms with van der Waals surface area (Å²) in [5, 5.41) is 3.68. The number of nitrogens with one attached hydrogen (secondary N) is 1. The summed E-state index contributed by atoms with van der Waals surface area (Å²) in [6.45, 7) is 5.09. The van der Waals surface area contributed by atoms with E-state index in [1.54, 1.807) is 7.11 Å². The van der Waals surface area contributed by atoms with Crippen molar-refractivity contribution in [1.29, 1.82) is 0 Å². The summed E-state index contributed by atoms with van der Waals surface area (Å²) in [6.07, 6.45) is 3.39. The zero-order valence-electron chi connectivity index (χ0n) is 12.0. The van der Waals surface area contributed by atoms with Crippen LogP contribution in [-0.4, -0.2) is 32.9 Å². The Bertz CT molecular complexity index is 375. The number of ether oxygens (including phenoxy) is 2. The second-order valence-electron chi connectivity index (χ2n) is 5.24. The fourth-order valence-electron chi connectivity index (χ4n) is 2.66. The van der Waals surface area contributed by atoms with Crippen LogP contribution in [0.3, 0.4) is 0 Å². The van der Waals surface area contributed by atoms with Crippen molar-refractivity contribution in [3.8, 4) is 5.75 Å². The molecule has 0 bridgehead atoms. The molecule has 2 rings (SSSR count). The predicted molar refractivity (Wildman–Crippen MR) is 77.7 cm³/mol. The number of hydrogen-bond acceptors (Lipinski definition) is 3. The minimum absolute atomic E-state index is 0.509. The van der Waals surface area contributed by atoms with Gasteiger partial charge >= 0.3 is 0 Å². The van der Waals surface area contributed by atoms with Gasteiger partial charge in [-0.25, -0.2) is 0 Å². The highest BCUT2D eigenvalue weighted by molar-refractivity contribution is 5.29. The summed E-state index contributed by atoms with van der Waals surface area (Å²) in [5.41, 5.74) is 1.33. The van der Waals surface area contributed by atoms with E-state index in [9.17, 15) is 0 Å². The summed E-state index contributed by atoms with van der Waals surface area (Å²) in [4.78, 5) is 0. The third kappa shape index (κ3) is 4.22. The second kappa shape index (κ2) is 7.51. The van der Waals surface area contributed by atoms with Gasteiger partial charge in [0.05, 0.1) is 13.7 Å². The summed E-state index contributed by atoms with van der Waals surface area (Å²) < 4.78 is 10.8. The highest BCUT2D eigenvalue weighted by atomic mass is 16.5. The molecule has 0 aliphatic carbocycles. The van der Waals surface area contributed by atoms with Crippen molar-refractivity contribution in [2.45, 2.75) is 32.2 Å². The van der Waals surface area contributed by atoms with Crippen LogP contribution in [-0.2, 0) is 11.2 Å². The van der Waals surface area contributed by atoms with Gasteiger partial charge in [-0.2, -0.15) is 0 Å². The van der Waals surface area contributed by atoms with Gasteiger partial charge in [-0.05, 0) is 43.5 Å². The van der Waals surface area contributed by atoms with Crippen LogP contribution in [0.25, 0.3) is 0 Å². The Labute approximate surface area is 116 Å². The molecular weight excluding hydrogens is 238 g/mol. The fourth-order valence-corrected chi connectivity index (χ4v) is 2.66. The summed E-state index contributed by atoms with van der Waals surface area (Å²) in [6, 6.07) is 8.89. The van der Waals surface area contributed by atoms with E-state index in [0.717, 1.165) is 31.9 Å². The summed E-state index contributed by atoms with van der Waals surface area (Å²) >= 11 is 0. The third-order valence-electron chi connectivity index (χ3n) is 3.78. The Morgan fingerprint density at radius 1 is 1.47 bits per heavy atom. The number of methoxy groups -OCH3 is 1. The monoisotopic (exact) mass is 263 g/mol. The normalized spacial score (nSPS) is 20.4. The fraction of sp³-hybridized carbons (Fsp3) is 0.625. The van der Waals surface area contributed by atoms with Gasteiger partial charge in [0.1, 0.15) is 5.75 Å². The van der Waals surface area contributed by atoms with E-state index in [1.807, 2.05) is 6.07 Å². The van der Waals surface area contributed by atoms with Crippen LogP contribution in [0.5, 0.6) is 5.75 Å². The number of rotatable bonds is 7. The SMILES string of the molecule is CCCNC(Cc1cccc(OC)c1)C1CCOC1. The predicted octanol–water partition coefficient (Wildman–Crippen LogP) is 2.64. The smallest absolute Gasteiger partial charge is 0.119 e. The Hall–Kier alpha value is -1.06. The van der Waals surface area contributed by atoms with E-state index in [4.69, 9.17) is 9.47 Å².